The van der Waals surface area contributed by atoms with Crippen molar-refractivity contribution in [2.75, 3.05) is 45.8 Å². The molecule has 0 aromatic heterocycles. The first-order chi connectivity index (χ1) is 22.3. The number of para-hydroxylation sites is 1. The summed E-state index contributed by atoms with van der Waals surface area (Å²) in [4.78, 5) is 35.2. The van der Waals surface area contributed by atoms with Crippen molar-refractivity contribution < 1.29 is 29.4 Å². The van der Waals surface area contributed by atoms with Crippen molar-refractivity contribution in [3.63, 3.8) is 0 Å². The number of nitrogens with two attached hydrogens (primary N) is 1. The average molecular weight is 652 g/mol. The molecule has 258 valence electrons. The number of methoxy groups -OCH3 is 1. The second-order valence-corrected chi connectivity index (χ2v) is 14.4. The number of ether oxygens (including phenoxy) is 1. The van der Waals surface area contributed by atoms with Gasteiger partial charge in [-0.15, -0.1) is 0 Å². The van der Waals surface area contributed by atoms with Gasteiger partial charge >= 0.3 is 0 Å². The highest BCUT2D eigenvalue weighted by atomic mass is 16.7. The summed E-state index contributed by atoms with van der Waals surface area (Å²) in [5, 5.41) is 28.9. The number of rotatable bonds is 12. The molecule has 0 radical (unpaired) electrons. The van der Waals surface area contributed by atoms with Crippen molar-refractivity contribution in [1.82, 2.24) is 15.7 Å². The quantitative estimate of drug-likeness (QED) is 0.234. The van der Waals surface area contributed by atoms with Crippen LogP contribution in [0.25, 0.3) is 11.1 Å². The van der Waals surface area contributed by atoms with Crippen LogP contribution in [0.15, 0.2) is 36.4 Å². The molecule has 0 spiro atoms. The largest absolute Gasteiger partial charge is 0.496 e. The molecule has 2 bridgehead atoms. The number of hydroxylamine groups is 2. The van der Waals surface area contributed by atoms with E-state index < -0.39 is 24.2 Å². The molecule has 8 atom stereocenters. The number of carbonyl (C=O) groups excluding carboxylic acids is 2. The van der Waals surface area contributed by atoms with Crippen LogP contribution in [0.2, 0.25) is 0 Å². The van der Waals surface area contributed by atoms with Crippen LogP contribution in [0.3, 0.4) is 0 Å². The third-order valence-corrected chi connectivity index (χ3v) is 11.1. The lowest BCUT2D eigenvalue weighted by atomic mass is 9.45. The Kier molecular flexibility index (Phi) is 10.5. The molecule has 1 aliphatic heterocycles. The van der Waals surface area contributed by atoms with E-state index in [1.807, 2.05) is 55.4 Å². The molecule has 1 saturated heterocycles. The van der Waals surface area contributed by atoms with Crippen LogP contribution >= 0.6 is 0 Å². The molecule has 4 aliphatic rings. The summed E-state index contributed by atoms with van der Waals surface area (Å²) in [6.45, 7) is 9.07. The number of fused-ring (bicyclic) bond motifs is 2. The zero-order valence-corrected chi connectivity index (χ0v) is 28.8. The normalized spacial score (nSPS) is 28.7. The fraction of sp³-hybridized carbons (Fsp3) is 0.611. The minimum Gasteiger partial charge on any atom is -0.496 e. The molecule has 11 nitrogen and oxygen atoms in total. The zero-order chi connectivity index (χ0) is 34.2. The molecule has 2 amide bonds. The third-order valence-electron chi connectivity index (χ3n) is 11.1. The van der Waals surface area contributed by atoms with E-state index in [0.717, 1.165) is 28.8 Å². The number of nitrogens with one attached hydrogen (secondary N) is 2. The second kappa shape index (κ2) is 14.1. The molecule has 6 rings (SSSR count). The first-order valence-corrected chi connectivity index (χ1v) is 16.8. The van der Waals surface area contributed by atoms with Gasteiger partial charge in [-0.2, -0.15) is 5.06 Å². The van der Waals surface area contributed by atoms with Crippen molar-refractivity contribution in [1.29, 1.82) is 0 Å². The number of carbonyl (C=O) groups is 2. The van der Waals surface area contributed by atoms with Crippen LogP contribution in [0, 0.1) is 29.1 Å². The van der Waals surface area contributed by atoms with E-state index in [1.165, 1.54) is 6.42 Å². The summed E-state index contributed by atoms with van der Waals surface area (Å²) in [6.07, 6.45) is 0.494. The van der Waals surface area contributed by atoms with Crippen molar-refractivity contribution >= 4 is 17.5 Å². The smallest absolute Gasteiger partial charge is 0.251 e. The Bertz CT molecular complexity index is 1450. The van der Waals surface area contributed by atoms with E-state index in [1.54, 1.807) is 19.1 Å². The van der Waals surface area contributed by atoms with Crippen LogP contribution in [-0.2, 0) is 16.2 Å². The van der Waals surface area contributed by atoms with Crippen LogP contribution < -0.4 is 26.0 Å². The van der Waals surface area contributed by atoms with Gasteiger partial charge in [-0.05, 0) is 66.7 Å². The first kappa shape index (κ1) is 35.1. The maximum atomic E-state index is 14.1. The molecular weight excluding hydrogens is 598 g/mol. The summed E-state index contributed by atoms with van der Waals surface area (Å²) in [6, 6.07) is 10.6. The monoisotopic (exact) mass is 651 g/mol. The summed E-state index contributed by atoms with van der Waals surface area (Å²) in [5.41, 5.74) is 9.54. The first-order valence-electron chi connectivity index (χ1n) is 16.8. The van der Waals surface area contributed by atoms with Gasteiger partial charge in [0.2, 0.25) is 5.91 Å². The SMILES string of the molecule is COc1c(CN2O[C@@H](CO)[C@H]([C@H](C)O)[C@H]2C(=O)N[C@H]2C[C@@H]3C[C@@H]([C@@H]2C)C3(C)C)cccc1-c1cc(C(=O)NCCN)cc(N(C)C)c1. The van der Waals surface area contributed by atoms with Gasteiger partial charge in [0.05, 0.1) is 26.4 Å². The molecule has 4 fully saturated rings. The molecule has 3 saturated carbocycles. The van der Waals surface area contributed by atoms with Gasteiger partial charge in [0, 0.05) is 61.5 Å². The molecule has 3 aliphatic carbocycles. The van der Waals surface area contributed by atoms with Crippen LogP contribution in [0.1, 0.15) is 56.5 Å². The lowest BCUT2D eigenvalue weighted by Gasteiger charge is -2.62. The number of nitrogens with zero attached hydrogens (tertiary/aromatic N) is 2. The number of hydrogen-bond donors (Lipinski definition) is 5. The second-order valence-electron chi connectivity index (χ2n) is 14.4. The Balaban J connectivity index is 1.46. The Hall–Kier alpha value is -3.22. The van der Waals surface area contributed by atoms with E-state index in [2.05, 4.69) is 31.4 Å². The summed E-state index contributed by atoms with van der Waals surface area (Å²) in [5.74, 6) is 0.991. The van der Waals surface area contributed by atoms with E-state index in [0.29, 0.717) is 42.2 Å². The van der Waals surface area contributed by atoms with Gasteiger partial charge < -0.3 is 36.2 Å². The van der Waals surface area contributed by atoms with Gasteiger partial charge in [-0.25, -0.2) is 0 Å². The van der Waals surface area contributed by atoms with Crippen LogP contribution in [0.4, 0.5) is 5.69 Å². The van der Waals surface area contributed by atoms with Crippen molar-refractivity contribution in [3.8, 4) is 16.9 Å². The molecule has 2 aromatic carbocycles. The van der Waals surface area contributed by atoms with Crippen LogP contribution in [-0.4, -0.2) is 92.3 Å². The van der Waals surface area contributed by atoms with Gasteiger partial charge in [0.25, 0.3) is 5.91 Å². The minimum absolute atomic E-state index is 0.0436. The van der Waals surface area contributed by atoms with E-state index in [9.17, 15) is 19.8 Å². The van der Waals surface area contributed by atoms with Crippen molar-refractivity contribution in [3.05, 3.63) is 47.5 Å². The van der Waals surface area contributed by atoms with E-state index >= 15 is 0 Å². The number of hydrogen-bond acceptors (Lipinski definition) is 9. The Morgan fingerprint density at radius 1 is 1.21 bits per heavy atom. The summed E-state index contributed by atoms with van der Waals surface area (Å²) in [7, 11) is 5.42. The lowest BCUT2D eigenvalue weighted by molar-refractivity contribution is -0.183. The number of anilines is 1. The number of amides is 2. The maximum absolute atomic E-state index is 14.1. The fourth-order valence-electron chi connectivity index (χ4n) is 8.27. The van der Waals surface area contributed by atoms with Gasteiger partial charge in [-0.1, -0.05) is 39.0 Å². The Labute approximate surface area is 278 Å². The van der Waals surface area contributed by atoms with Crippen molar-refractivity contribution in [2.45, 2.75) is 71.4 Å². The highest BCUT2D eigenvalue weighted by Crippen LogP contribution is 2.61. The molecule has 47 heavy (non-hydrogen) atoms. The molecule has 6 N–H and O–H groups in total. The van der Waals surface area contributed by atoms with Gasteiger partial charge in [0.15, 0.2) is 0 Å². The third kappa shape index (κ3) is 6.73. The summed E-state index contributed by atoms with van der Waals surface area (Å²) < 4.78 is 5.99. The predicted molar refractivity (Wildman–Crippen MR) is 182 cm³/mol. The Morgan fingerprint density at radius 2 is 1.96 bits per heavy atom. The molecule has 1 heterocycles. The Morgan fingerprint density at radius 3 is 2.55 bits per heavy atom. The zero-order valence-electron chi connectivity index (χ0n) is 28.8. The standard InChI is InChI=1S/C36H53N5O6/c1-20-28-16-25(36(28,3)4)17-29(20)39-35(45)32-31(21(2)43)30(19-42)47-41(32)18-22-9-8-10-27(33(22)46-7)23-13-24(34(44)38-12-11-37)15-26(14-23)40(5)6/h8-10,13-15,20-21,25,28-32,42-43H,11-12,16-19,37H2,1-7H3,(H,38,44)(H,39,45)/t20-,21-,25-,28-,29-,30-,31-,32-/m0/s1. The molecular formula is C36H53N5O6. The van der Waals surface area contributed by atoms with Gasteiger partial charge in [-0.3, -0.25) is 14.4 Å². The number of benzene rings is 2. The predicted octanol–water partition coefficient (Wildman–Crippen LogP) is 2.78. The van der Waals surface area contributed by atoms with Crippen LogP contribution in [0.5, 0.6) is 5.75 Å². The maximum Gasteiger partial charge on any atom is 0.251 e. The lowest BCUT2D eigenvalue weighted by Crippen LogP contribution is -2.62. The molecule has 0 unspecified atom stereocenters. The highest BCUT2D eigenvalue weighted by molar-refractivity contribution is 5.97. The molecule has 2 aromatic rings. The number of aliphatic hydroxyl groups excluding tert-OH is 2. The highest BCUT2D eigenvalue weighted by Gasteiger charge is 2.57. The molecule has 11 heteroatoms. The number of aliphatic hydroxyl groups is 2. The summed E-state index contributed by atoms with van der Waals surface area (Å²) >= 11 is 0. The van der Waals surface area contributed by atoms with E-state index in [4.69, 9.17) is 15.3 Å². The fourth-order valence-corrected chi connectivity index (χ4v) is 8.27. The van der Waals surface area contributed by atoms with Crippen molar-refractivity contribution in [2.24, 2.45) is 34.8 Å². The van der Waals surface area contributed by atoms with E-state index in [-0.39, 0.29) is 36.4 Å². The average Bonchev–Trinajstić information content (AvgIpc) is 3.42. The van der Waals surface area contributed by atoms with Gasteiger partial charge in [0.1, 0.15) is 17.9 Å². The minimum atomic E-state index is -0.894. The topological polar surface area (TPSA) is 150 Å².